The summed E-state index contributed by atoms with van der Waals surface area (Å²) in [5, 5.41) is 3.87. The van der Waals surface area contributed by atoms with E-state index >= 15 is 0 Å². The van der Waals surface area contributed by atoms with Gasteiger partial charge in [0.25, 0.3) is 5.91 Å². The number of hydrogen-bond acceptors (Lipinski definition) is 5. The third-order valence-corrected chi connectivity index (χ3v) is 5.64. The molecule has 1 aromatic heterocycles. The molecule has 144 valence electrons. The van der Waals surface area contributed by atoms with Gasteiger partial charge < -0.3 is 10.1 Å². The minimum absolute atomic E-state index is 0.262. The van der Waals surface area contributed by atoms with Gasteiger partial charge in [0.15, 0.2) is 0 Å². The number of nitrogens with one attached hydrogen (secondary N) is 1. The van der Waals surface area contributed by atoms with Crippen molar-refractivity contribution in [3.05, 3.63) is 75.8 Å². The molecule has 0 spiro atoms. The molecule has 3 aromatic rings. The van der Waals surface area contributed by atoms with Crippen molar-refractivity contribution < 1.29 is 14.3 Å². The van der Waals surface area contributed by atoms with Crippen molar-refractivity contribution in [2.75, 3.05) is 13.7 Å². The Balaban J connectivity index is 1.66. The molecule has 1 heterocycles. The number of amides is 1. The Labute approximate surface area is 168 Å². The summed E-state index contributed by atoms with van der Waals surface area (Å²) in [6.07, 6.45) is 0.682. The molecule has 3 rings (SSSR count). The maximum Gasteiger partial charge on any atom is 0.338 e. The highest BCUT2D eigenvalue weighted by Gasteiger charge is 2.17. The number of hydrogen-bond donors (Lipinski definition) is 1. The van der Waals surface area contributed by atoms with Crippen LogP contribution in [0, 0.1) is 13.8 Å². The van der Waals surface area contributed by atoms with Crippen LogP contribution in [-0.4, -0.2) is 30.5 Å². The second-order valence-electron chi connectivity index (χ2n) is 6.44. The van der Waals surface area contributed by atoms with Crippen LogP contribution in [0.4, 0.5) is 0 Å². The monoisotopic (exact) mass is 394 g/mol. The van der Waals surface area contributed by atoms with E-state index in [0.717, 1.165) is 21.1 Å². The van der Waals surface area contributed by atoms with Gasteiger partial charge in [-0.15, -0.1) is 11.3 Å². The van der Waals surface area contributed by atoms with Crippen molar-refractivity contribution in [1.29, 1.82) is 0 Å². The lowest BCUT2D eigenvalue weighted by atomic mass is 10.1. The van der Waals surface area contributed by atoms with Gasteiger partial charge in [0.2, 0.25) is 0 Å². The number of carbonyl (C=O) groups is 2. The van der Waals surface area contributed by atoms with E-state index in [-0.39, 0.29) is 11.5 Å². The molecule has 1 amide bonds. The van der Waals surface area contributed by atoms with Crippen LogP contribution < -0.4 is 5.32 Å². The number of thiazole rings is 1. The number of nitrogens with zero attached hydrogens (tertiary/aromatic N) is 1. The maximum absolute atomic E-state index is 12.5. The van der Waals surface area contributed by atoms with E-state index in [2.05, 4.69) is 35.4 Å². The smallest absolute Gasteiger partial charge is 0.338 e. The number of benzene rings is 2. The van der Waals surface area contributed by atoms with Crippen molar-refractivity contribution in [3.63, 3.8) is 0 Å². The molecule has 1 N–H and O–H groups in total. The number of aryl methyl sites for hydroxylation is 2. The summed E-state index contributed by atoms with van der Waals surface area (Å²) in [4.78, 5) is 30.1. The molecule has 0 aliphatic carbocycles. The normalized spacial score (nSPS) is 10.5. The number of ether oxygens (including phenoxy) is 1. The second-order valence-corrected chi connectivity index (χ2v) is 7.52. The lowest BCUT2D eigenvalue weighted by Crippen LogP contribution is -2.27. The molecule has 0 saturated carbocycles. The quantitative estimate of drug-likeness (QED) is 0.637. The van der Waals surface area contributed by atoms with Crippen LogP contribution >= 0.6 is 11.3 Å². The number of aromatic nitrogens is 1. The minimum Gasteiger partial charge on any atom is -0.465 e. The Morgan fingerprint density at radius 1 is 1.07 bits per heavy atom. The van der Waals surface area contributed by atoms with Crippen LogP contribution in [0.15, 0.2) is 48.5 Å². The van der Waals surface area contributed by atoms with Crippen LogP contribution in [0.1, 0.15) is 36.9 Å². The zero-order valence-corrected chi connectivity index (χ0v) is 16.9. The van der Waals surface area contributed by atoms with E-state index in [4.69, 9.17) is 4.74 Å². The van der Waals surface area contributed by atoms with E-state index < -0.39 is 5.97 Å². The summed E-state index contributed by atoms with van der Waals surface area (Å²) in [7, 11) is 1.30. The molecule has 0 atom stereocenters. The molecule has 0 unspecified atom stereocenters. The highest BCUT2D eigenvalue weighted by Crippen LogP contribution is 2.28. The summed E-state index contributed by atoms with van der Waals surface area (Å²) < 4.78 is 4.74. The number of rotatable bonds is 6. The van der Waals surface area contributed by atoms with Crippen molar-refractivity contribution >= 4 is 23.2 Å². The fraction of sp³-hybridized carbons (Fsp3) is 0.227. The molecule has 0 saturated heterocycles. The summed E-state index contributed by atoms with van der Waals surface area (Å²) >= 11 is 1.64. The molecule has 0 fully saturated rings. The predicted molar refractivity (Wildman–Crippen MR) is 111 cm³/mol. The highest BCUT2D eigenvalue weighted by atomic mass is 32.1. The molecular weight excluding hydrogens is 372 g/mol. The summed E-state index contributed by atoms with van der Waals surface area (Å²) in [6, 6.07) is 14.9. The van der Waals surface area contributed by atoms with Crippen LogP contribution in [-0.2, 0) is 11.2 Å². The summed E-state index contributed by atoms with van der Waals surface area (Å²) in [5.41, 5.74) is 3.86. The third-order valence-electron chi connectivity index (χ3n) is 4.37. The van der Waals surface area contributed by atoms with Gasteiger partial charge in [-0.05, 0) is 32.0 Å². The van der Waals surface area contributed by atoms with E-state index in [9.17, 15) is 9.59 Å². The minimum atomic E-state index is -0.521. The fourth-order valence-electron chi connectivity index (χ4n) is 2.92. The van der Waals surface area contributed by atoms with Gasteiger partial charge in [-0.2, -0.15) is 0 Å². The van der Waals surface area contributed by atoms with Crippen LogP contribution in [0.3, 0.4) is 0 Å². The fourth-order valence-corrected chi connectivity index (χ4v) is 3.97. The maximum atomic E-state index is 12.5. The van der Waals surface area contributed by atoms with Gasteiger partial charge in [0.05, 0.1) is 23.9 Å². The van der Waals surface area contributed by atoms with Crippen molar-refractivity contribution in [1.82, 2.24) is 10.3 Å². The number of esters is 1. The zero-order chi connectivity index (χ0) is 20.1. The highest BCUT2D eigenvalue weighted by molar-refractivity contribution is 7.15. The van der Waals surface area contributed by atoms with Crippen LogP contribution in [0.25, 0.3) is 10.6 Å². The first kappa shape index (κ1) is 19.8. The number of methoxy groups -OCH3 is 1. The van der Waals surface area contributed by atoms with Gasteiger partial charge >= 0.3 is 5.97 Å². The topological polar surface area (TPSA) is 68.3 Å². The van der Waals surface area contributed by atoms with E-state index in [1.165, 1.54) is 12.7 Å². The molecule has 0 radical (unpaired) electrons. The average Bonchev–Trinajstić information content (AvgIpc) is 3.08. The first-order valence-corrected chi connectivity index (χ1v) is 9.80. The molecule has 0 bridgehead atoms. The average molecular weight is 394 g/mol. The SMILES string of the molecule is COC(=O)c1ccccc1C(=O)NCCc1sc(-c2cccc(C)c2)nc1C. The molecule has 28 heavy (non-hydrogen) atoms. The van der Waals surface area contributed by atoms with Gasteiger partial charge in [0, 0.05) is 23.4 Å². The predicted octanol–water partition coefficient (Wildman–Crippen LogP) is 4.19. The van der Waals surface area contributed by atoms with Gasteiger partial charge in [-0.25, -0.2) is 9.78 Å². The Morgan fingerprint density at radius 2 is 1.82 bits per heavy atom. The van der Waals surface area contributed by atoms with E-state index in [1.807, 2.05) is 13.0 Å². The molecule has 0 aliphatic heterocycles. The van der Waals surface area contributed by atoms with Crippen LogP contribution in [0.2, 0.25) is 0 Å². The standard InChI is InChI=1S/C22H22N2O3S/c1-14-7-6-8-16(13-14)21-24-15(2)19(28-21)11-12-23-20(25)17-9-4-5-10-18(17)22(26)27-3/h4-10,13H,11-12H2,1-3H3,(H,23,25). The van der Waals surface area contributed by atoms with Crippen LogP contribution in [0.5, 0.6) is 0 Å². The third kappa shape index (κ3) is 4.46. The largest absolute Gasteiger partial charge is 0.465 e. The Bertz CT molecular complexity index is 1010. The lowest BCUT2D eigenvalue weighted by molar-refractivity contribution is 0.0596. The van der Waals surface area contributed by atoms with Gasteiger partial charge in [-0.1, -0.05) is 35.9 Å². The van der Waals surface area contributed by atoms with Crippen molar-refractivity contribution in [3.8, 4) is 10.6 Å². The first-order valence-electron chi connectivity index (χ1n) is 8.98. The second kappa shape index (κ2) is 8.80. The number of carbonyl (C=O) groups excluding carboxylic acids is 2. The summed E-state index contributed by atoms with van der Waals surface area (Å²) in [6.45, 7) is 4.51. The Hall–Kier alpha value is -2.99. The zero-order valence-electron chi connectivity index (χ0n) is 16.1. The molecular formula is C22H22N2O3S. The lowest BCUT2D eigenvalue weighted by Gasteiger charge is -2.08. The molecule has 6 heteroatoms. The van der Waals surface area contributed by atoms with Gasteiger partial charge in [0.1, 0.15) is 5.01 Å². The van der Waals surface area contributed by atoms with Gasteiger partial charge in [-0.3, -0.25) is 4.79 Å². The first-order chi connectivity index (χ1) is 13.5. The molecule has 5 nitrogen and oxygen atoms in total. The Kier molecular flexibility index (Phi) is 6.21. The van der Waals surface area contributed by atoms with E-state index in [0.29, 0.717) is 18.5 Å². The summed E-state index contributed by atoms with van der Waals surface area (Å²) in [5.74, 6) is -0.811. The van der Waals surface area contributed by atoms with E-state index in [1.54, 1.807) is 35.6 Å². The van der Waals surface area contributed by atoms with Crippen molar-refractivity contribution in [2.45, 2.75) is 20.3 Å². The molecule has 0 aliphatic rings. The molecule has 2 aromatic carbocycles. The Morgan fingerprint density at radius 3 is 2.54 bits per heavy atom. The van der Waals surface area contributed by atoms with Crippen molar-refractivity contribution in [2.24, 2.45) is 0 Å².